The minimum absolute atomic E-state index is 0.296. The standard InChI is InChI=1S/C21H21NO3/c1-13-10-15-17-16(11-13)21(4,14-8-6-5-7-9-14)12-20(2,3)22(17)19(24)25-18(15)23/h5-11H,12H2,1-4H3/t21-/m0/s1. The quantitative estimate of drug-likeness (QED) is 0.681. The fraction of sp³-hybridized carbons (Fsp3) is 0.333. The highest BCUT2D eigenvalue weighted by molar-refractivity contribution is 5.84. The molecular formula is C21H21NO3. The van der Waals surface area contributed by atoms with Crippen molar-refractivity contribution in [2.24, 2.45) is 0 Å². The lowest BCUT2D eigenvalue weighted by Crippen LogP contribution is -2.47. The number of benzene rings is 2. The topological polar surface area (TPSA) is 52.2 Å². The lowest BCUT2D eigenvalue weighted by molar-refractivity contribution is 0.226. The number of nitrogens with zero attached hydrogens (tertiary/aromatic N) is 1. The summed E-state index contributed by atoms with van der Waals surface area (Å²) in [6.45, 7) is 8.21. The summed E-state index contributed by atoms with van der Waals surface area (Å²) in [5.74, 6) is -0.581. The summed E-state index contributed by atoms with van der Waals surface area (Å²) in [4.78, 5) is 24.9. The van der Waals surface area contributed by atoms with Crippen LogP contribution in [-0.2, 0) is 11.0 Å². The van der Waals surface area contributed by atoms with Crippen LogP contribution in [0.5, 0.6) is 0 Å². The number of hydrogen-bond acceptors (Lipinski definition) is 3. The van der Waals surface area contributed by atoms with E-state index < -0.39 is 16.9 Å². The predicted molar refractivity (Wildman–Crippen MR) is 98.3 cm³/mol. The molecule has 0 amide bonds. The highest BCUT2D eigenvalue weighted by Gasteiger charge is 2.44. The van der Waals surface area contributed by atoms with Crippen molar-refractivity contribution in [1.29, 1.82) is 0 Å². The Morgan fingerprint density at radius 2 is 1.72 bits per heavy atom. The Kier molecular flexibility index (Phi) is 3.14. The maximum Gasteiger partial charge on any atom is 0.422 e. The molecule has 0 fully saturated rings. The lowest BCUT2D eigenvalue weighted by Gasteiger charge is -2.45. The van der Waals surface area contributed by atoms with Crippen molar-refractivity contribution < 1.29 is 4.42 Å². The minimum atomic E-state index is -0.581. The van der Waals surface area contributed by atoms with E-state index in [-0.39, 0.29) is 5.41 Å². The van der Waals surface area contributed by atoms with E-state index in [1.807, 2.05) is 45.0 Å². The molecule has 0 saturated carbocycles. The van der Waals surface area contributed by atoms with Gasteiger partial charge in [0.25, 0.3) is 0 Å². The van der Waals surface area contributed by atoms with E-state index in [0.29, 0.717) is 10.9 Å². The third-order valence-corrected chi connectivity index (χ3v) is 5.46. The summed E-state index contributed by atoms with van der Waals surface area (Å²) in [6, 6.07) is 14.2. The van der Waals surface area contributed by atoms with Gasteiger partial charge in [-0.1, -0.05) is 43.3 Å². The predicted octanol–water partition coefficient (Wildman–Crippen LogP) is 3.71. The van der Waals surface area contributed by atoms with Crippen LogP contribution in [0.2, 0.25) is 0 Å². The van der Waals surface area contributed by atoms with E-state index in [1.54, 1.807) is 4.57 Å². The van der Waals surface area contributed by atoms with Crippen LogP contribution in [-0.4, -0.2) is 4.57 Å². The average Bonchev–Trinajstić information content (AvgIpc) is 2.54. The molecule has 0 N–H and O–H groups in total. The molecule has 2 aromatic carbocycles. The fourth-order valence-corrected chi connectivity index (χ4v) is 4.52. The van der Waals surface area contributed by atoms with Gasteiger partial charge < -0.3 is 4.42 Å². The first-order chi connectivity index (χ1) is 11.7. The number of aromatic nitrogens is 1. The molecule has 4 rings (SSSR count). The van der Waals surface area contributed by atoms with Gasteiger partial charge in [-0.15, -0.1) is 0 Å². The van der Waals surface area contributed by atoms with Gasteiger partial charge in [-0.3, -0.25) is 4.57 Å². The van der Waals surface area contributed by atoms with Gasteiger partial charge in [0.15, 0.2) is 0 Å². The summed E-state index contributed by atoms with van der Waals surface area (Å²) in [5, 5.41) is 0.476. The van der Waals surface area contributed by atoms with Crippen molar-refractivity contribution in [2.75, 3.05) is 0 Å². The SMILES string of the molecule is Cc1cc2c3c(c1)c(=O)oc(=O)n3C(C)(C)C[C@@]2(C)c1ccccc1. The van der Waals surface area contributed by atoms with Crippen molar-refractivity contribution in [1.82, 2.24) is 4.57 Å². The summed E-state index contributed by atoms with van der Waals surface area (Å²) in [5.41, 5.74) is 2.56. The number of aryl methyl sites for hydroxylation is 1. The monoisotopic (exact) mass is 335 g/mol. The normalized spacial score (nSPS) is 21.4. The second kappa shape index (κ2) is 4.94. The maximum atomic E-state index is 12.5. The van der Waals surface area contributed by atoms with Crippen LogP contribution >= 0.6 is 0 Å². The van der Waals surface area contributed by atoms with Gasteiger partial charge in [-0.05, 0) is 49.9 Å². The zero-order chi connectivity index (χ0) is 18.0. The Morgan fingerprint density at radius 3 is 2.40 bits per heavy atom. The van der Waals surface area contributed by atoms with Gasteiger partial charge in [0.05, 0.1) is 10.9 Å². The Labute approximate surface area is 145 Å². The molecule has 2 heterocycles. The van der Waals surface area contributed by atoms with Gasteiger partial charge in [-0.2, -0.15) is 0 Å². The van der Waals surface area contributed by atoms with Gasteiger partial charge >= 0.3 is 11.4 Å². The highest BCUT2D eigenvalue weighted by Crippen LogP contribution is 2.47. The van der Waals surface area contributed by atoms with Crippen LogP contribution in [0.3, 0.4) is 0 Å². The van der Waals surface area contributed by atoms with E-state index in [4.69, 9.17) is 4.42 Å². The molecule has 1 aliphatic heterocycles. The first kappa shape index (κ1) is 15.9. The molecule has 4 heteroatoms. The summed E-state index contributed by atoms with van der Waals surface area (Å²) < 4.78 is 6.67. The van der Waals surface area contributed by atoms with E-state index in [9.17, 15) is 9.59 Å². The molecule has 0 bridgehead atoms. The van der Waals surface area contributed by atoms with Crippen LogP contribution in [0.15, 0.2) is 56.5 Å². The van der Waals surface area contributed by atoms with Gasteiger partial charge in [0, 0.05) is 11.0 Å². The molecule has 1 atom stereocenters. The summed E-state index contributed by atoms with van der Waals surface area (Å²) in [7, 11) is 0. The van der Waals surface area contributed by atoms with Crippen molar-refractivity contribution in [3.05, 3.63) is 80.1 Å². The van der Waals surface area contributed by atoms with E-state index in [0.717, 1.165) is 17.5 Å². The molecule has 0 unspecified atom stereocenters. The van der Waals surface area contributed by atoms with Crippen molar-refractivity contribution in [3.63, 3.8) is 0 Å². The molecule has 25 heavy (non-hydrogen) atoms. The van der Waals surface area contributed by atoms with Gasteiger partial charge in [0.2, 0.25) is 0 Å². The molecular weight excluding hydrogens is 314 g/mol. The second-order valence-electron chi connectivity index (χ2n) is 7.89. The third kappa shape index (κ3) is 2.13. The van der Waals surface area contributed by atoms with Crippen molar-refractivity contribution in [2.45, 2.75) is 45.1 Å². The molecule has 3 aromatic rings. The minimum Gasteiger partial charge on any atom is -0.372 e. The summed E-state index contributed by atoms with van der Waals surface area (Å²) in [6.07, 6.45) is 0.739. The maximum absolute atomic E-state index is 12.5. The van der Waals surface area contributed by atoms with Gasteiger partial charge in [0.1, 0.15) is 0 Å². The second-order valence-corrected chi connectivity index (χ2v) is 7.89. The Bertz CT molecular complexity index is 1110. The van der Waals surface area contributed by atoms with Crippen LogP contribution in [0.25, 0.3) is 10.9 Å². The Hall–Kier alpha value is -2.62. The molecule has 0 spiro atoms. The van der Waals surface area contributed by atoms with Crippen molar-refractivity contribution in [3.8, 4) is 0 Å². The van der Waals surface area contributed by atoms with E-state index in [2.05, 4.69) is 25.1 Å². The number of hydrogen-bond donors (Lipinski definition) is 0. The molecule has 0 radical (unpaired) electrons. The van der Waals surface area contributed by atoms with Crippen molar-refractivity contribution >= 4 is 10.9 Å². The van der Waals surface area contributed by atoms with Gasteiger partial charge in [-0.25, -0.2) is 9.59 Å². The smallest absolute Gasteiger partial charge is 0.372 e. The molecule has 1 aromatic heterocycles. The first-order valence-electron chi connectivity index (χ1n) is 8.51. The Balaban J connectivity index is 2.25. The Morgan fingerprint density at radius 1 is 1.04 bits per heavy atom. The van der Waals surface area contributed by atoms with E-state index in [1.165, 1.54) is 5.56 Å². The highest BCUT2D eigenvalue weighted by atomic mass is 16.4. The van der Waals surface area contributed by atoms with Crippen LogP contribution in [0, 0.1) is 6.92 Å². The first-order valence-corrected chi connectivity index (χ1v) is 8.51. The molecule has 128 valence electrons. The zero-order valence-corrected chi connectivity index (χ0v) is 14.9. The van der Waals surface area contributed by atoms with Crippen LogP contribution < -0.4 is 11.4 Å². The fourth-order valence-electron chi connectivity index (χ4n) is 4.52. The average molecular weight is 335 g/mol. The molecule has 1 aliphatic rings. The number of rotatable bonds is 1. The molecule has 0 saturated heterocycles. The molecule has 4 nitrogen and oxygen atoms in total. The van der Waals surface area contributed by atoms with E-state index >= 15 is 0 Å². The lowest BCUT2D eigenvalue weighted by atomic mass is 9.66. The molecule has 0 aliphatic carbocycles. The third-order valence-electron chi connectivity index (χ3n) is 5.46. The van der Waals surface area contributed by atoms with Crippen LogP contribution in [0.1, 0.15) is 43.9 Å². The van der Waals surface area contributed by atoms with Crippen LogP contribution in [0.4, 0.5) is 0 Å². The largest absolute Gasteiger partial charge is 0.422 e. The summed E-state index contributed by atoms with van der Waals surface area (Å²) >= 11 is 0. The zero-order valence-electron chi connectivity index (χ0n) is 14.9.